The molecule has 7 heteroatoms. The normalized spacial score (nSPS) is 30.7. The summed E-state index contributed by atoms with van der Waals surface area (Å²) < 4.78 is 0. The number of carbonyl (C=O) groups is 3. The zero-order valence-electron chi connectivity index (χ0n) is 26.5. The molecule has 0 aromatic heterocycles. The predicted octanol–water partition coefficient (Wildman–Crippen LogP) is 6.73. The van der Waals surface area contributed by atoms with Gasteiger partial charge < -0.3 is 20.4 Å². The average Bonchev–Trinajstić information content (AvgIpc) is 3.33. The second-order valence-corrected chi connectivity index (χ2v) is 15.2. The Labute approximate surface area is 253 Å². The number of ketones is 3. The molecule has 0 bridgehead atoms. The third-order valence-corrected chi connectivity index (χ3v) is 10.4. The van der Waals surface area contributed by atoms with Crippen molar-refractivity contribution in [3.8, 4) is 5.75 Å². The summed E-state index contributed by atoms with van der Waals surface area (Å²) >= 11 is 0. The maximum Gasteiger partial charge on any atom is 0.203 e. The smallest absolute Gasteiger partial charge is 0.203 e. The van der Waals surface area contributed by atoms with Gasteiger partial charge in [0.05, 0.1) is 5.56 Å². The molecular formula is C36H44O7. The Morgan fingerprint density at radius 3 is 2.30 bits per heavy atom. The molecule has 4 aliphatic rings. The fourth-order valence-corrected chi connectivity index (χ4v) is 8.49. The number of Topliss-reactive ketones (excluding diaryl/α,β-unsaturated/α-hetero) is 3. The molecule has 0 radical (unpaired) electrons. The third kappa shape index (κ3) is 4.37. The quantitative estimate of drug-likeness (QED) is 0.280. The Balaban J connectivity index is 1.67. The molecule has 1 saturated carbocycles. The molecule has 0 amide bonds. The molecule has 7 nitrogen and oxygen atoms in total. The van der Waals surface area contributed by atoms with Crippen molar-refractivity contribution >= 4 is 28.7 Å². The molecule has 1 unspecified atom stereocenters. The van der Waals surface area contributed by atoms with Crippen LogP contribution in [0.1, 0.15) is 97.8 Å². The van der Waals surface area contributed by atoms with Gasteiger partial charge in [0.1, 0.15) is 22.8 Å². The predicted molar refractivity (Wildman–Crippen MR) is 165 cm³/mol. The van der Waals surface area contributed by atoms with Gasteiger partial charge in [-0.05, 0) is 73.1 Å². The van der Waals surface area contributed by atoms with Crippen LogP contribution in [0.2, 0.25) is 0 Å². The number of hydrogen-bond acceptors (Lipinski definition) is 7. The number of rotatable bonds is 5. The number of aromatic hydroxyl groups is 1. The van der Waals surface area contributed by atoms with E-state index in [1.165, 1.54) is 11.6 Å². The van der Waals surface area contributed by atoms with Crippen LogP contribution in [-0.4, -0.2) is 43.4 Å². The molecule has 1 aromatic rings. The summed E-state index contributed by atoms with van der Waals surface area (Å²) in [5, 5.41) is 46.3. The highest BCUT2D eigenvalue weighted by Gasteiger charge is 2.72. The lowest BCUT2D eigenvalue weighted by molar-refractivity contribution is -0.178. The molecule has 4 N–H and O–H groups in total. The van der Waals surface area contributed by atoms with Gasteiger partial charge in [0, 0.05) is 22.3 Å². The molecule has 4 atom stereocenters. The topological polar surface area (TPSA) is 132 Å². The highest BCUT2D eigenvalue weighted by Crippen LogP contribution is 2.65. The highest BCUT2D eigenvalue weighted by atomic mass is 16.3. The van der Waals surface area contributed by atoms with Gasteiger partial charge in [-0.25, -0.2) is 0 Å². The van der Waals surface area contributed by atoms with Crippen LogP contribution in [0.15, 0.2) is 46.8 Å². The van der Waals surface area contributed by atoms with E-state index in [1.807, 2.05) is 13.0 Å². The van der Waals surface area contributed by atoms with Crippen LogP contribution in [0, 0.1) is 28.1 Å². The van der Waals surface area contributed by atoms with Gasteiger partial charge in [0.15, 0.2) is 17.2 Å². The van der Waals surface area contributed by atoms with Crippen LogP contribution in [0.3, 0.4) is 0 Å². The molecule has 1 aromatic carbocycles. The number of phenolic OH excluding ortho intramolecular Hbond substituents is 1. The van der Waals surface area contributed by atoms with E-state index in [9.17, 15) is 34.8 Å². The van der Waals surface area contributed by atoms with Crippen molar-refractivity contribution in [2.75, 3.05) is 0 Å². The lowest BCUT2D eigenvalue weighted by Gasteiger charge is -2.59. The second kappa shape index (κ2) is 9.78. The van der Waals surface area contributed by atoms with Gasteiger partial charge >= 0.3 is 0 Å². The first-order valence-electron chi connectivity index (χ1n) is 15.2. The zero-order valence-corrected chi connectivity index (χ0v) is 26.5. The first-order chi connectivity index (χ1) is 19.8. The fourth-order valence-electron chi connectivity index (χ4n) is 8.49. The van der Waals surface area contributed by atoms with Gasteiger partial charge in [-0.15, -0.1) is 0 Å². The molecule has 43 heavy (non-hydrogen) atoms. The van der Waals surface area contributed by atoms with Crippen molar-refractivity contribution < 1.29 is 34.8 Å². The number of fused-ring (bicyclic) bond motifs is 3. The van der Waals surface area contributed by atoms with Crippen molar-refractivity contribution in [1.29, 1.82) is 0 Å². The van der Waals surface area contributed by atoms with Crippen LogP contribution < -0.4 is 0 Å². The Hall–Kier alpha value is -3.45. The molecule has 4 aliphatic carbocycles. The van der Waals surface area contributed by atoms with Crippen molar-refractivity contribution in [3.63, 3.8) is 0 Å². The minimum absolute atomic E-state index is 0.0775. The largest absolute Gasteiger partial charge is 0.508 e. The summed E-state index contributed by atoms with van der Waals surface area (Å²) in [6, 6.07) is 3.35. The SMILES string of the molecule is CC(=O)C1=C(O)[C@]2(O)C(=O)C3=C(O)c4c(O)ccc(C5=CC=C(CCC(C)(C)C)C5)c4C[C@]3(C)C[C@]2(C)C(C(C)C)C1=O. The molecule has 5 rings (SSSR count). The average molecular weight is 589 g/mol. The van der Waals surface area contributed by atoms with E-state index in [0.29, 0.717) is 5.56 Å². The van der Waals surface area contributed by atoms with Gasteiger partial charge in [0.2, 0.25) is 5.78 Å². The molecule has 230 valence electrons. The Kier molecular flexibility index (Phi) is 7.05. The van der Waals surface area contributed by atoms with E-state index >= 15 is 0 Å². The molecule has 0 spiro atoms. The fraction of sp³-hybridized carbons (Fsp3) is 0.528. The number of hydrogen-bond donors (Lipinski definition) is 4. The van der Waals surface area contributed by atoms with E-state index < -0.39 is 56.8 Å². The van der Waals surface area contributed by atoms with E-state index in [4.69, 9.17) is 0 Å². The Bertz CT molecular complexity index is 1590. The summed E-state index contributed by atoms with van der Waals surface area (Å²) in [6.45, 7) is 14.8. The van der Waals surface area contributed by atoms with E-state index in [2.05, 4.69) is 32.9 Å². The lowest BCUT2D eigenvalue weighted by atomic mass is 9.43. The standard InChI is InChI=1S/C36H44O7/c1-18(2)27-29(39)25(19(3)37)31(41)36(43)32(42)28-30(40)26-23(16-34(28,7)17-35(27,36)8)22(11-12-24(26)38)21-10-9-20(15-21)13-14-33(4,5)6/h9-12,18,27,38,40-41,43H,13-17H2,1-8H3/t27?,34-,35-,36+/m1/s1. The van der Waals surface area contributed by atoms with E-state index in [1.54, 1.807) is 20.8 Å². The number of phenols is 1. The maximum atomic E-state index is 14.5. The second-order valence-electron chi connectivity index (χ2n) is 15.2. The first kappa shape index (κ1) is 31.0. The van der Waals surface area contributed by atoms with Gasteiger partial charge in [0.25, 0.3) is 0 Å². The highest BCUT2D eigenvalue weighted by molar-refractivity contribution is 6.24. The lowest BCUT2D eigenvalue weighted by Crippen LogP contribution is -2.69. The number of carbonyl (C=O) groups excluding carboxylic acids is 3. The summed E-state index contributed by atoms with van der Waals surface area (Å²) in [6.07, 6.45) is 7.31. The zero-order chi connectivity index (χ0) is 32.0. The summed E-state index contributed by atoms with van der Waals surface area (Å²) in [4.78, 5) is 40.7. The molecule has 0 aliphatic heterocycles. The van der Waals surface area contributed by atoms with Gasteiger partial charge in [-0.3, -0.25) is 14.4 Å². The van der Waals surface area contributed by atoms with Crippen molar-refractivity contribution in [2.24, 2.45) is 28.1 Å². The van der Waals surface area contributed by atoms with Gasteiger partial charge in [-0.1, -0.05) is 72.3 Å². The minimum atomic E-state index is -2.61. The Morgan fingerprint density at radius 2 is 1.72 bits per heavy atom. The Morgan fingerprint density at radius 1 is 1.07 bits per heavy atom. The molecule has 0 heterocycles. The number of aliphatic hydroxyl groups excluding tert-OH is 2. The van der Waals surface area contributed by atoms with Crippen molar-refractivity contribution in [3.05, 3.63) is 63.5 Å². The first-order valence-corrected chi connectivity index (χ1v) is 15.2. The summed E-state index contributed by atoms with van der Waals surface area (Å²) in [5.41, 5.74) is -1.51. The van der Waals surface area contributed by atoms with E-state index in [0.717, 1.165) is 37.3 Å². The summed E-state index contributed by atoms with van der Waals surface area (Å²) in [5.74, 6) is -5.16. The molecular weight excluding hydrogens is 544 g/mol. The molecule has 1 fully saturated rings. The number of allylic oxidation sites excluding steroid dienone is 5. The van der Waals surface area contributed by atoms with Crippen LogP contribution in [0.4, 0.5) is 0 Å². The molecule has 0 saturated heterocycles. The van der Waals surface area contributed by atoms with Crippen molar-refractivity contribution in [2.45, 2.75) is 93.1 Å². The van der Waals surface area contributed by atoms with Crippen LogP contribution in [0.25, 0.3) is 11.3 Å². The number of benzene rings is 1. The van der Waals surface area contributed by atoms with Crippen LogP contribution in [-0.2, 0) is 20.8 Å². The van der Waals surface area contributed by atoms with E-state index in [-0.39, 0.29) is 41.1 Å². The monoisotopic (exact) mass is 588 g/mol. The summed E-state index contributed by atoms with van der Waals surface area (Å²) in [7, 11) is 0. The third-order valence-electron chi connectivity index (χ3n) is 10.4. The van der Waals surface area contributed by atoms with Crippen LogP contribution in [0.5, 0.6) is 5.75 Å². The minimum Gasteiger partial charge on any atom is -0.508 e. The number of aliphatic hydroxyl groups is 3. The van der Waals surface area contributed by atoms with Crippen molar-refractivity contribution in [1.82, 2.24) is 0 Å². The van der Waals surface area contributed by atoms with Crippen LogP contribution >= 0.6 is 0 Å². The van der Waals surface area contributed by atoms with Gasteiger partial charge in [-0.2, -0.15) is 0 Å². The maximum absolute atomic E-state index is 14.5.